The normalized spacial score (nSPS) is 21.2. The molecule has 1 atom stereocenters. The molecule has 0 spiro atoms. The highest BCUT2D eigenvalue weighted by atomic mass is 32.2. The van der Waals surface area contributed by atoms with Crippen molar-refractivity contribution in [2.75, 3.05) is 24.4 Å². The number of piperidine rings is 1. The Morgan fingerprint density at radius 3 is 2.96 bits per heavy atom. The number of fused-ring (bicyclic) bond motifs is 1. The number of ether oxygens (including phenoxy) is 1. The van der Waals surface area contributed by atoms with Gasteiger partial charge < -0.3 is 15.4 Å². The number of nitrogens with zero attached hydrogens (tertiary/aromatic N) is 2. The first-order chi connectivity index (χ1) is 12.7. The van der Waals surface area contributed by atoms with Gasteiger partial charge in [0.25, 0.3) is 0 Å². The van der Waals surface area contributed by atoms with Crippen LogP contribution in [0.15, 0.2) is 22.6 Å². The van der Waals surface area contributed by atoms with E-state index in [1.54, 1.807) is 18.2 Å². The van der Waals surface area contributed by atoms with Gasteiger partial charge in [0.05, 0.1) is 17.9 Å². The highest BCUT2D eigenvalue weighted by Crippen LogP contribution is 2.31. The number of amidine groups is 1. The second-order valence-corrected chi connectivity index (χ2v) is 8.83. The van der Waals surface area contributed by atoms with E-state index in [1.165, 1.54) is 0 Å². The fourth-order valence-corrected chi connectivity index (χ4v) is 4.30. The van der Waals surface area contributed by atoms with Crippen molar-refractivity contribution < 1.29 is 17.9 Å². The zero-order valence-corrected chi connectivity index (χ0v) is 16.5. The smallest absolute Gasteiger partial charge is 0.344 e. The highest BCUT2D eigenvalue weighted by molar-refractivity contribution is 7.91. The number of nitrogens with two attached hydrogens (primary N) is 1. The number of amides is 1. The second kappa shape index (κ2) is 7.75. The molecule has 0 radical (unpaired) electrons. The summed E-state index contributed by atoms with van der Waals surface area (Å²) in [6, 6.07) is 5.06. The minimum absolute atomic E-state index is 0.0864. The second-order valence-electron chi connectivity index (χ2n) is 7.49. The average molecular weight is 394 g/mol. The van der Waals surface area contributed by atoms with Crippen LogP contribution in [0.4, 0.5) is 5.69 Å². The van der Waals surface area contributed by atoms with E-state index < -0.39 is 10.2 Å². The predicted molar refractivity (Wildman–Crippen MR) is 104 cm³/mol. The SMILES string of the molecule is CC(C)CC(=O)N1CCC[C@@H](COc2cccc3c2C(N)=NS(=O)(=O)N3)C1. The van der Waals surface area contributed by atoms with Crippen LogP contribution in [0.3, 0.4) is 0 Å². The van der Waals surface area contributed by atoms with Gasteiger partial charge in [0.2, 0.25) is 5.91 Å². The average Bonchev–Trinajstić information content (AvgIpc) is 2.58. The number of carbonyl (C=O) groups excluding carboxylic acids is 1. The van der Waals surface area contributed by atoms with Crippen LogP contribution in [-0.2, 0) is 15.0 Å². The van der Waals surface area contributed by atoms with E-state index in [1.807, 2.05) is 18.7 Å². The summed E-state index contributed by atoms with van der Waals surface area (Å²) in [6.45, 7) is 5.99. The molecule has 8 nitrogen and oxygen atoms in total. The van der Waals surface area contributed by atoms with Crippen LogP contribution in [-0.4, -0.2) is 44.8 Å². The lowest BCUT2D eigenvalue weighted by Gasteiger charge is -2.33. The number of hydrogen-bond donors (Lipinski definition) is 2. The number of carbonyl (C=O) groups is 1. The first-order valence-electron chi connectivity index (χ1n) is 9.17. The molecule has 9 heteroatoms. The van der Waals surface area contributed by atoms with E-state index >= 15 is 0 Å². The zero-order chi connectivity index (χ0) is 19.6. The lowest BCUT2D eigenvalue weighted by atomic mass is 9.98. The fourth-order valence-electron chi connectivity index (χ4n) is 3.45. The van der Waals surface area contributed by atoms with Gasteiger partial charge in [-0.1, -0.05) is 19.9 Å². The number of rotatable bonds is 5. The van der Waals surface area contributed by atoms with Gasteiger partial charge in [-0.05, 0) is 30.9 Å². The standard InChI is InChI=1S/C18H26N4O4S/c1-12(2)9-16(23)22-8-4-5-13(10-22)11-26-15-7-3-6-14-17(15)18(19)21-27(24,25)20-14/h3,6-7,12-13,20H,4-5,8-11H2,1-2H3,(H2,19,21)/t13-/m1/s1. The molecule has 148 valence electrons. The summed E-state index contributed by atoms with van der Waals surface area (Å²) < 4.78 is 35.1. The molecule has 0 aliphatic carbocycles. The lowest BCUT2D eigenvalue weighted by molar-refractivity contribution is -0.134. The molecular weight excluding hydrogens is 368 g/mol. The molecule has 2 aliphatic rings. The summed E-state index contributed by atoms with van der Waals surface area (Å²) in [5.74, 6) is 1.16. The van der Waals surface area contributed by atoms with Crippen LogP contribution >= 0.6 is 0 Å². The van der Waals surface area contributed by atoms with Crippen LogP contribution in [0.5, 0.6) is 5.75 Å². The number of likely N-dealkylation sites (tertiary alicyclic amines) is 1. The summed E-state index contributed by atoms with van der Waals surface area (Å²) in [5, 5.41) is 0. The summed E-state index contributed by atoms with van der Waals surface area (Å²) in [5.41, 5.74) is 6.65. The maximum absolute atomic E-state index is 12.3. The fraction of sp³-hybridized carbons (Fsp3) is 0.556. The molecule has 1 aromatic rings. The van der Waals surface area contributed by atoms with Gasteiger partial charge in [0, 0.05) is 25.4 Å². The minimum Gasteiger partial charge on any atom is -0.492 e. The van der Waals surface area contributed by atoms with Crippen molar-refractivity contribution in [3.63, 3.8) is 0 Å². The number of hydrogen-bond acceptors (Lipinski definition) is 5. The van der Waals surface area contributed by atoms with Crippen LogP contribution < -0.4 is 15.2 Å². The molecular formula is C18H26N4O4S. The summed E-state index contributed by atoms with van der Waals surface area (Å²) in [4.78, 5) is 14.2. The van der Waals surface area contributed by atoms with Crippen LogP contribution in [0.1, 0.15) is 38.7 Å². The molecule has 1 amide bonds. The summed E-state index contributed by atoms with van der Waals surface area (Å²) >= 11 is 0. The van der Waals surface area contributed by atoms with E-state index in [0.29, 0.717) is 42.5 Å². The Labute approximate surface area is 160 Å². The van der Waals surface area contributed by atoms with E-state index in [2.05, 4.69) is 9.12 Å². The Bertz CT molecular complexity index is 851. The van der Waals surface area contributed by atoms with Crippen LogP contribution in [0.25, 0.3) is 0 Å². The van der Waals surface area contributed by atoms with Gasteiger partial charge in [0.15, 0.2) is 5.84 Å². The molecule has 1 fully saturated rings. The molecule has 0 unspecified atom stereocenters. The maximum Gasteiger partial charge on any atom is 0.344 e. The van der Waals surface area contributed by atoms with Gasteiger partial charge in [-0.25, -0.2) is 0 Å². The molecule has 1 aromatic carbocycles. The quantitative estimate of drug-likeness (QED) is 0.789. The topological polar surface area (TPSA) is 114 Å². The van der Waals surface area contributed by atoms with Gasteiger partial charge in [-0.2, -0.15) is 8.42 Å². The minimum atomic E-state index is -3.81. The Hall–Kier alpha value is -2.29. The van der Waals surface area contributed by atoms with Gasteiger partial charge >= 0.3 is 10.2 Å². The Morgan fingerprint density at radius 1 is 1.44 bits per heavy atom. The van der Waals surface area contributed by atoms with Crippen molar-refractivity contribution in [3.8, 4) is 5.75 Å². The molecule has 0 bridgehead atoms. The van der Waals surface area contributed by atoms with E-state index in [9.17, 15) is 13.2 Å². The van der Waals surface area contributed by atoms with Gasteiger partial charge in [0.1, 0.15) is 5.75 Å². The van der Waals surface area contributed by atoms with Crippen molar-refractivity contribution in [2.45, 2.75) is 33.1 Å². The van der Waals surface area contributed by atoms with Crippen LogP contribution in [0.2, 0.25) is 0 Å². The molecule has 27 heavy (non-hydrogen) atoms. The Balaban J connectivity index is 1.67. The first-order valence-corrected chi connectivity index (χ1v) is 10.6. The highest BCUT2D eigenvalue weighted by Gasteiger charge is 2.27. The van der Waals surface area contributed by atoms with Crippen molar-refractivity contribution in [1.29, 1.82) is 0 Å². The van der Waals surface area contributed by atoms with Gasteiger partial charge in [-0.15, -0.1) is 4.40 Å². The van der Waals surface area contributed by atoms with E-state index in [-0.39, 0.29) is 17.7 Å². The van der Waals surface area contributed by atoms with Gasteiger partial charge in [-0.3, -0.25) is 9.52 Å². The van der Waals surface area contributed by atoms with Crippen molar-refractivity contribution in [3.05, 3.63) is 23.8 Å². The van der Waals surface area contributed by atoms with Crippen molar-refractivity contribution >= 4 is 27.6 Å². The molecule has 1 saturated heterocycles. The summed E-state index contributed by atoms with van der Waals surface area (Å²) in [7, 11) is -3.81. The number of anilines is 1. The predicted octanol–water partition coefficient (Wildman–Crippen LogP) is 1.73. The Morgan fingerprint density at radius 2 is 2.22 bits per heavy atom. The van der Waals surface area contributed by atoms with Crippen molar-refractivity contribution in [2.24, 2.45) is 22.0 Å². The summed E-state index contributed by atoms with van der Waals surface area (Å²) in [6.07, 6.45) is 2.50. The van der Waals surface area contributed by atoms with E-state index in [0.717, 1.165) is 19.4 Å². The monoisotopic (exact) mass is 394 g/mol. The third kappa shape index (κ3) is 4.71. The molecule has 2 aliphatic heterocycles. The zero-order valence-electron chi connectivity index (χ0n) is 15.6. The lowest BCUT2D eigenvalue weighted by Crippen LogP contribution is -2.42. The molecule has 3 N–H and O–H groups in total. The third-order valence-electron chi connectivity index (χ3n) is 4.67. The molecule has 0 saturated carbocycles. The molecule has 3 rings (SSSR count). The maximum atomic E-state index is 12.3. The Kier molecular flexibility index (Phi) is 5.59. The molecule has 2 heterocycles. The largest absolute Gasteiger partial charge is 0.492 e. The van der Waals surface area contributed by atoms with E-state index in [4.69, 9.17) is 10.5 Å². The molecule has 0 aromatic heterocycles. The van der Waals surface area contributed by atoms with Crippen LogP contribution in [0, 0.1) is 11.8 Å². The van der Waals surface area contributed by atoms with Crippen molar-refractivity contribution in [1.82, 2.24) is 4.90 Å². The third-order valence-corrected chi connectivity index (χ3v) is 5.58. The number of nitrogens with one attached hydrogen (secondary N) is 1. The first kappa shape index (κ1) is 19.5. The number of benzene rings is 1.